The molecule has 39 heavy (non-hydrogen) atoms. The van der Waals surface area contributed by atoms with Crippen molar-refractivity contribution in [3.05, 3.63) is 59.4 Å². The second-order valence-electron chi connectivity index (χ2n) is 11.2. The van der Waals surface area contributed by atoms with Crippen LogP contribution in [0.15, 0.2) is 42.5 Å². The largest absolute Gasteiger partial charge is 0.335 e. The van der Waals surface area contributed by atoms with Gasteiger partial charge >= 0.3 is 6.03 Å². The Hall–Kier alpha value is -3.33. The number of carbonyl (C=O) groups is 1. The molecular weight excluding hydrogens is 493 g/mol. The summed E-state index contributed by atoms with van der Waals surface area (Å²) in [6, 6.07) is 13.4. The quantitative estimate of drug-likeness (QED) is 0.352. The Kier molecular flexibility index (Phi) is 8.86. The van der Waals surface area contributed by atoms with Gasteiger partial charge in [0.1, 0.15) is 5.82 Å². The predicted molar refractivity (Wildman–Crippen MR) is 151 cm³/mol. The molecule has 1 heterocycles. The van der Waals surface area contributed by atoms with Gasteiger partial charge in [0, 0.05) is 36.9 Å². The van der Waals surface area contributed by atoms with Gasteiger partial charge in [-0.05, 0) is 102 Å². The number of hydrogen-bond acceptors (Lipinski definition) is 5. The van der Waals surface area contributed by atoms with Crippen molar-refractivity contribution in [2.45, 2.75) is 82.7 Å². The van der Waals surface area contributed by atoms with E-state index in [1.807, 2.05) is 24.3 Å². The number of nitrogens with one attached hydrogen (secondary N) is 3. The second-order valence-corrected chi connectivity index (χ2v) is 11.2. The van der Waals surface area contributed by atoms with Gasteiger partial charge in [-0.3, -0.25) is 0 Å². The summed E-state index contributed by atoms with van der Waals surface area (Å²) < 4.78 is 15.0. The van der Waals surface area contributed by atoms with E-state index < -0.39 is 0 Å². The Morgan fingerprint density at radius 3 is 2.64 bits per heavy atom. The Morgan fingerprint density at radius 1 is 1.05 bits per heavy atom. The van der Waals surface area contributed by atoms with Gasteiger partial charge < -0.3 is 16.0 Å². The molecule has 3 aromatic rings. The summed E-state index contributed by atoms with van der Waals surface area (Å²) in [5, 5.41) is 22.0. The highest BCUT2D eigenvalue weighted by atomic mass is 19.1. The van der Waals surface area contributed by atoms with Crippen LogP contribution in [0, 0.1) is 11.7 Å². The lowest BCUT2D eigenvalue weighted by Gasteiger charge is -2.35. The first-order valence-electron chi connectivity index (χ1n) is 14.4. The molecule has 2 fully saturated rings. The molecule has 0 aliphatic heterocycles. The van der Waals surface area contributed by atoms with Crippen molar-refractivity contribution < 1.29 is 9.18 Å². The first kappa shape index (κ1) is 27.2. The standard InChI is InChI=1S/C30H40FN7O/c1-3-20-15-24(29-35-36-37-38(29)2)18-27(16-20)33-30(39)34-28-10-5-4-7-23(28)19-32-26-9-6-8-22(17-26)21-11-13-25(31)14-12-21/h11-16,18,22-23,26,28,32H,3-10,17,19H2,1-2H3,(H2,33,34,39)/t22-,23-,26+,28+/m0/s1. The number of rotatable bonds is 8. The number of carbonyl (C=O) groups excluding carboxylic acids is 1. The molecule has 0 unspecified atom stereocenters. The van der Waals surface area contributed by atoms with E-state index in [0.29, 0.717) is 23.7 Å². The first-order chi connectivity index (χ1) is 19.0. The predicted octanol–water partition coefficient (Wildman–Crippen LogP) is 5.57. The number of aryl methyl sites for hydroxylation is 2. The van der Waals surface area contributed by atoms with Gasteiger partial charge in [0.25, 0.3) is 0 Å². The van der Waals surface area contributed by atoms with Crippen LogP contribution in [0.1, 0.15) is 75.3 Å². The van der Waals surface area contributed by atoms with Gasteiger partial charge in [-0.15, -0.1) is 5.10 Å². The molecule has 3 N–H and O–H groups in total. The number of halogens is 1. The molecule has 2 aliphatic carbocycles. The van der Waals surface area contributed by atoms with Crippen LogP contribution in [0.3, 0.4) is 0 Å². The molecule has 1 aromatic heterocycles. The number of amides is 2. The minimum Gasteiger partial charge on any atom is -0.335 e. The lowest BCUT2D eigenvalue weighted by Crippen LogP contribution is -2.48. The lowest BCUT2D eigenvalue weighted by atomic mass is 9.80. The summed E-state index contributed by atoms with van der Waals surface area (Å²) in [5.74, 6) is 1.36. The Bertz CT molecular complexity index is 1240. The number of urea groups is 1. The van der Waals surface area contributed by atoms with Crippen LogP contribution in [0.4, 0.5) is 14.9 Å². The fourth-order valence-corrected chi connectivity index (χ4v) is 6.28. The highest BCUT2D eigenvalue weighted by molar-refractivity contribution is 5.90. The third-order valence-corrected chi connectivity index (χ3v) is 8.45. The zero-order valence-corrected chi connectivity index (χ0v) is 23.0. The molecule has 0 saturated heterocycles. The molecule has 0 spiro atoms. The van der Waals surface area contributed by atoms with Gasteiger partial charge in [0.05, 0.1) is 0 Å². The highest BCUT2D eigenvalue weighted by Crippen LogP contribution is 2.33. The van der Waals surface area contributed by atoms with Crippen LogP contribution in [-0.2, 0) is 13.5 Å². The van der Waals surface area contributed by atoms with Crippen LogP contribution in [0.5, 0.6) is 0 Å². The Morgan fingerprint density at radius 2 is 1.87 bits per heavy atom. The Labute approximate surface area is 230 Å². The van der Waals surface area contributed by atoms with E-state index in [9.17, 15) is 9.18 Å². The smallest absolute Gasteiger partial charge is 0.319 e. The van der Waals surface area contributed by atoms with Crippen molar-refractivity contribution in [2.75, 3.05) is 11.9 Å². The number of aromatic nitrogens is 4. The topological polar surface area (TPSA) is 96.8 Å². The van der Waals surface area contributed by atoms with Crippen LogP contribution in [0.2, 0.25) is 0 Å². The van der Waals surface area contributed by atoms with E-state index in [-0.39, 0.29) is 17.9 Å². The monoisotopic (exact) mass is 533 g/mol. The molecule has 208 valence electrons. The maximum Gasteiger partial charge on any atom is 0.319 e. The number of benzene rings is 2. The fourth-order valence-electron chi connectivity index (χ4n) is 6.28. The molecule has 5 rings (SSSR count). The van der Waals surface area contributed by atoms with Gasteiger partial charge in [0.15, 0.2) is 5.82 Å². The third kappa shape index (κ3) is 7.01. The van der Waals surface area contributed by atoms with Crippen molar-refractivity contribution >= 4 is 11.7 Å². The summed E-state index contributed by atoms with van der Waals surface area (Å²) in [4.78, 5) is 13.1. The van der Waals surface area contributed by atoms with Crippen molar-refractivity contribution in [3.63, 3.8) is 0 Å². The van der Waals surface area contributed by atoms with E-state index in [1.165, 1.54) is 24.8 Å². The summed E-state index contributed by atoms with van der Waals surface area (Å²) in [7, 11) is 1.81. The summed E-state index contributed by atoms with van der Waals surface area (Å²) in [6.45, 7) is 2.99. The highest BCUT2D eigenvalue weighted by Gasteiger charge is 2.29. The zero-order chi connectivity index (χ0) is 27.2. The zero-order valence-electron chi connectivity index (χ0n) is 23.0. The maximum absolute atomic E-state index is 13.4. The summed E-state index contributed by atoms with van der Waals surface area (Å²) >= 11 is 0. The summed E-state index contributed by atoms with van der Waals surface area (Å²) in [6.07, 6.45) is 9.86. The molecule has 8 nitrogen and oxygen atoms in total. The number of hydrogen-bond donors (Lipinski definition) is 3. The van der Waals surface area contributed by atoms with E-state index >= 15 is 0 Å². The number of tetrazole rings is 1. The van der Waals surface area contributed by atoms with Gasteiger partial charge in [0.2, 0.25) is 0 Å². The van der Waals surface area contributed by atoms with Crippen LogP contribution in [0.25, 0.3) is 11.4 Å². The molecule has 4 atom stereocenters. The van der Waals surface area contributed by atoms with Crippen molar-refractivity contribution in [1.29, 1.82) is 0 Å². The molecule has 2 saturated carbocycles. The minimum absolute atomic E-state index is 0.138. The van der Waals surface area contributed by atoms with Crippen molar-refractivity contribution in [1.82, 2.24) is 30.8 Å². The minimum atomic E-state index is -0.176. The second kappa shape index (κ2) is 12.7. The van der Waals surface area contributed by atoms with Crippen LogP contribution in [-0.4, -0.2) is 44.9 Å². The van der Waals surface area contributed by atoms with E-state index in [4.69, 9.17) is 0 Å². The van der Waals surface area contributed by atoms with E-state index in [2.05, 4.69) is 44.5 Å². The van der Waals surface area contributed by atoms with E-state index in [0.717, 1.165) is 61.9 Å². The lowest BCUT2D eigenvalue weighted by molar-refractivity contribution is 0.219. The molecule has 2 aromatic carbocycles. The molecule has 2 amide bonds. The van der Waals surface area contributed by atoms with Gasteiger partial charge in [-0.25, -0.2) is 13.9 Å². The fraction of sp³-hybridized carbons (Fsp3) is 0.533. The number of nitrogens with zero attached hydrogens (tertiary/aromatic N) is 4. The molecule has 2 aliphatic rings. The van der Waals surface area contributed by atoms with Crippen LogP contribution >= 0.6 is 0 Å². The SMILES string of the molecule is CCc1cc(NC(=O)N[C@@H]2CCCC[C@H]2CN[C@@H]2CCC[C@H](c3ccc(F)cc3)C2)cc(-c2nnnn2C)c1. The Balaban J connectivity index is 1.17. The van der Waals surface area contributed by atoms with Gasteiger partial charge in [-0.1, -0.05) is 38.3 Å². The van der Waals surface area contributed by atoms with Gasteiger partial charge in [-0.2, -0.15) is 0 Å². The van der Waals surface area contributed by atoms with Crippen molar-refractivity contribution in [2.24, 2.45) is 13.0 Å². The maximum atomic E-state index is 13.4. The first-order valence-corrected chi connectivity index (χ1v) is 14.4. The molecule has 0 radical (unpaired) electrons. The molecular formula is C30H40FN7O. The molecule has 9 heteroatoms. The normalized spacial score (nSPS) is 23.4. The van der Waals surface area contributed by atoms with E-state index in [1.54, 1.807) is 23.9 Å². The summed E-state index contributed by atoms with van der Waals surface area (Å²) in [5.41, 5.74) is 3.96. The third-order valence-electron chi connectivity index (χ3n) is 8.45. The van der Waals surface area contributed by atoms with Crippen LogP contribution < -0.4 is 16.0 Å². The van der Waals surface area contributed by atoms with Crippen molar-refractivity contribution in [3.8, 4) is 11.4 Å². The average molecular weight is 534 g/mol. The number of anilines is 1. The average Bonchev–Trinajstić information content (AvgIpc) is 3.38. The molecule has 0 bridgehead atoms.